The lowest BCUT2D eigenvalue weighted by Gasteiger charge is -2.13. The van der Waals surface area contributed by atoms with E-state index in [0.717, 1.165) is 16.0 Å². The van der Waals surface area contributed by atoms with E-state index in [-0.39, 0.29) is 0 Å². The molecule has 1 nitrogen and oxygen atoms in total. The second kappa shape index (κ2) is 4.40. The molecule has 2 aromatic rings. The molecule has 1 unspecified atom stereocenters. The van der Waals surface area contributed by atoms with E-state index in [1.54, 1.807) is 11.3 Å². The van der Waals surface area contributed by atoms with Crippen LogP contribution in [0.1, 0.15) is 32.5 Å². The van der Waals surface area contributed by atoms with Crippen LogP contribution in [0.25, 0.3) is 0 Å². The highest BCUT2D eigenvalue weighted by Gasteiger charge is 2.16. The summed E-state index contributed by atoms with van der Waals surface area (Å²) in [6.45, 7) is 6.17. The summed E-state index contributed by atoms with van der Waals surface area (Å²) in [5.74, 6) is 0. The minimum absolute atomic E-state index is 0.486. The lowest BCUT2D eigenvalue weighted by Crippen LogP contribution is -2.00. The van der Waals surface area contributed by atoms with Gasteiger partial charge in [-0.2, -0.15) is 0 Å². The maximum atomic E-state index is 10.4. The Morgan fingerprint density at radius 2 is 1.75 bits per heavy atom. The monoisotopic (exact) mass is 232 g/mol. The van der Waals surface area contributed by atoms with Crippen LogP contribution in [0.3, 0.4) is 0 Å². The van der Waals surface area contributed by atoms with Crippen LogP contribution in [0.15, 0.2) is 30.3 Å². The van der Waals surface area contributed by atoms with Crippen molar-refractivity contribution in [2.45, 2.75) is 26.9 Å². The third-order valence-electron chi connectivity index (χ3n) is 2.81. The summed E-state index contributed by atoms with van der Waals surface area (Å²) in [6, 6.07) is 10.1. The molecule has 0 saturated heterocycles. The quantitative estimate of drug-likeness (QED) is 0.836. The van der Waals surface area contributed by atoms with Crippen molar-refractivity contribution < 1.29 is 5.11 Å². The number of thiophene rings is 1. The zero-order valence-corrected chi connectivity index (χ0v) is 10.6. The minimum Gasteiger partial charge on any atom is -0.383 e. The van der Waals surface area contributed by atoms with Crippen LogP contribution in [0, 0.1) is 20.8 Å². The van der Waals surface area contributed by atoms with E-state index in [4.69, 9.17) is 0 Å². The number of hydrogen-bond acceptors (Lipinski definition) is 2. The van der Waals surface area contributed by atoms with E-state index in [2.05, 4.69) is 19.9 Å². The lowest BCUT2D eigenvalue weighted by molar-refractivity contribution is 0.222. The van der Waals surface area contributed by atoms with Crippen LogP contribution in [0.4, 0.5) is 0 Å². The van der Waals surface area contributed by atoms with Crippen LogP contribution in [-0.2, 0) is 0 Å². The Morgan fingerprint density at radius 1 is 1.06 bits per heavy atom. The first kappa shape index (κ1) is 11.4. The van der Waals surface area contributed by atoms with Crippen LogP contribution < -0.4 is 0 Å². The molecule has 0 bridgehead atoms. The topological polar surface area (TPSA) is 20.2 Å². The predicted molar refractivity (Wildman–Crippen MR) is 69.0 cm³/mol. The van der Waals surface area contributed by atoms with Gasteiger partial charge in [-0.3, -0.25) is 0 Å². The minimum atomic E-state index is -0.486. The molecule has 2 rings (SSSR count). The SMILES string of the molecule is Cc1cc(C)c(C(O)c2ccccc2C)s1. The maximum absolute atomic E-state index is 10.4. The zero-order chi connectivity index (χ0) is 11.7. The summed E-state index contributed by atoms with van der Waals surface area (Å²) in [6.07, 6.45) is -0.486. The first-order chi connectivity index (χ1) is 7.59. The Morgan fingerprint density at radius 3 is 2.31 bits per heavy atom. The number of aliphatic hydroxyl groups excluding tert-OH is 1. The third kappa shape index (κ3) is 2.04. The van der Waals surface area contributed by atoms with Gasteiger partial charge in [0, 0.05) is 9.75 Å². The third-order valence-corrected chi connectivity index (χ3v) is 4.02. The van der Waals surface area contributed by atoms with Crippen LogP contribution >= 0.6 is 11.3 Å². The predicted octanol–water partition coefficient (Wildman–Crippen LogP) is 3.76. The normalized spacial score (nSPS) is 12.8. The fraction of sp³-hybridized carbons (Fsp3) is 0.286. The van der Waals surface area contributed by atoms with Crippen molar-refractivity contribution in [3.63, 3.8) is 0 Å². The van der Waals surface area contributed by atoms with Gasteiger partial charge in [-0.15, -0.1) is 11.3 Å². The van der Waals surface area contributed by atoms with Gasteiger partial charge in [-0.1, -0.05) is 24.3 Å². The van der Waals surface area contributed by atoms with Crippen molar-refractivity contribution in [1.82, 2.24) is 0 Å². The lowest BCUT2D eigenvalue weighted by atomic mass is 10.0. The average molecular weight is 232 g/mol. The molecule has 0 aliphatic carbocycles. The Balaban J connectivity index is 2.43. The molecule has 1 N–H and O–H groups in total. The maximum Gasteiger partial charge on any atom is 0.114 e. The number of aryl methyl sites for hydroxylation is 3. The Hall–Kier alpha value is -1.12. The summed E-state index contributed by atoms with van der Waals surface area (Å²) in [7, 11) is 0. The molecule has 84 valence electrons. The van der Waals surface area contributed by atoms with Gasteiger partial charge >= 0.3 is 0 Å². The Kier molecular flexibility index (Phi) is 3.13. The molecular formula is C14H16OS. The molecular weight excluding hydrogens is 216 g/mol. The first-order valence-electron chi connectivity index (χ1n) is 5.40. The Bertz CT molecular complexity index is 499. The average Bonchev–Trinajstić information content (AvgIpc) is 2.58. The number of hydrogen-bond donors (Lipinski definition) is 1. The van der Waals surface area contributed by atoms with Crippen molar-refractivity contribution in [3.05, 3.63) is 56.8 Å². The standard InChI is InChI=1S/C14H16OS/c1-9-6-4-5-7-12(9)13(15)14-10(2)8-11(3)16-14/h4-8,13,15H,1-3H3. The summed E-state index contributed by atoms with van der Waals surface area (Å²) < 4.78 is 0. The highest BCUT2D eigenvalue weighted by atomic mass is 32.1. The van der Waals surface area contributed by atoms with Gasteiger partial charge in [0.05, 0.1) is 0 Å². The second-order valence-electron chi connectivity index (χ2n) is 4.16. The summed E-state index contributed by atoms with van der Waals surface area (Å²) >= 11 is 1.68. The van der Waals surface area contributed by atoms with Crippen molar-refractivity contribution in [1.29, 1.82) is 0 Å². The smallest absolute Gasteiger partial charge is 0.114 e. The molecule has 1 aromatic carbocycles. The molecule has 1 aromatic heterocycles. The molecule has 0 amide bonds. The number of rotatable bonds is 2. The molecule has 2 heteroatoms. The summed E-state index contributed by atoms with van der Waals surface area (Å²) in [5.41, 5.74) is 3.33. The van der Waals surface area contributed by atoms with Crippen LogP contribution in [0.2, 0.25) is 0 Å². The van der Waals surface area contributed by atoms with E-state index >= 15 is 0 Å². The fourth-order valence-electron chi connectivity index (χ4n) is 1.97. The summed E-state index contributed by atoms with van der Waals surface area (Å²) in [4.78, 5) is 2.31. The van der Waals surface area contributed by atoms with Crippen LogP contribution in [0.5, 0.6) is 0 Å². The van der Waals surface area contributed by atoms with E-state index < -0.39 is 6.10 Å². The van der Waals surface area contributed by atoms with Gasteiger partial charge < -0.3 is 5.11 Å². The second-order valence-corrected chi connectivity index (χ2v) is 5.45. The molecule has 0 aliphatic rings. The van der Waals surface area contributed by atoms with Crippen LogP contribution in [-0.4, -0.2) is 5.11 Å². The zero-order valence-electron chi connectivity index (χ0n) is 9.82. The van der Waals surface area contributed by atoms with Gasteiger partial charge in [0.2, 0.25) is 0 Å². The molecule has 0 aliphatic heterocycles. The fourth-order valence-corrected chi connectivity index (χ4v) is 3.01. The summed E-state index contributed by atoms with van der Waals surface area (Å²) in [5, 5.41) is 10.4. The molecule has 1 atom stereocenters. The largest absolute Gasteiger partial charge is 0.383 e. The van der Waals surface area contributed by atoms with E-state index in [9.17, 15) is 5.11 Å². The molecule has 0 fully saturated rings. The van der Waals surface area contributed by atoms with Crippen molar-refractivity contribution in [2.75, 3.05) is 0 Å². The highest BCUT2D eigenvalue weighted by Crippen LogP contribution is 2.32. The van der Waals surface area contributed by atoms with Gasteiger partial charge in [-0.25, -0.2) is 0 Å². The van der Waals surface area contributed by atoms with E-state index in [0.29, 0.717) is 0 Å². The molecule has 0 spiro atoms. The van der Waals surface area contributed by atoms with Crippen molar-refractivity contribution >= 4 is 11.3 Å². The number of benzene rings is 1. The van der Waals surface area contributed by atoms with E-state index in [1.807, 2.05) is 31.2 Å². The highest BCUT2D eigenvalue weighted by molar-refractivity contribution is 7.12. The van der Waals surface area contributed by atoms with E-state index in [1.165, 1.54) is 10.4 Å². The molecule has 0 radical (unpaired) electrons. The number of aliphatic hydroxyl groups is 1. The van der Waals surface area contributed by atoms with Gasteiger partial charge in [-0.05, 0) is 43.5 Å². The van der Waals surface area contributed by atoms with Gasteiger partial charge in [0.1, 0.15) is 6.10 Å². The van der Waals surface area contributed by atoms with Crippen molar-refractivity contribution in [3.8, 4) is 0 Å². The molecule has 0 saturated carbocycles. The first-order valence-corrected chi connectivity index (χ1v) is 6.21. The van der Waals surface area contributed by atoms with Crippen molar-refractivity contribution in [2.24, 2.45) is 0 Å². The molecule has 16 heavy (non-hydrogen) atoms. The van der Waals surface area contributed by atoms with Gasteiger partial charge in [0.15, 0.2) is 0 Å². The van der Waals surface area contributed by atoms with Gasteiger partial charge in [0.25, 0.3) is 0 Å². The Labute approximate surface area is 100 Å². The molecule has 1 heterocycles.